The highest BCUT2D eigenvalue weighted by Crippen LogP contribution is 2.19. The van der Waals surface area contributed by atoms with Gasteiger partial charge >= 0.3 is 6.03 Å². The lowest BCUT2D eigenvalue weighted by Crippen LogP contribution is -2.36. The van der Waals surface area contributed by atoms with Crippen LogP contribution in [0.15, 0.2) is 42.6 Å². The Bertz CT molecular complexity index is 731. The van der Waals surface area contributed by atoms with Gasteiger partial charge in [0.25, 0.3) is 0 Å². The minimum absolute atomic E-state index is 0.115. The number of pyridine rings is 1. The zero-order chi connectivity index (χ0) is 17.6. The summed E-state index contributed by atoms with van der Waals surface area (Å²) in [5.74, 6) is 0.990. The molecule has 0 bridgehead atoms. The van der Waals surface area contributed by atoms with Crippen LogP contribution in [0.25, 0.3) is 0 Å². The molecule has 1 fully saturated rings. The van der Waals surface area contributed by atoms with Crippen molar-refractivity contribution in [2.45, 2.75) is 32.4 Å². The van der Waals surface area contributed by atoms with E-state index in [9.17, 15) is 4.79 Å². The molecule has 1 aromatic heterocycles. The SMILES string of the molecule is CC(NC(=O)NCc1ccnc(N2CCCC2)c1)c1cccc(Cl)c1. The van der Waals surface area contributed by atoms with E-state index >= 15 is 0 Å². The van der Waals surface area contributed by atoms with Gasteiger partial charge in [0.05, 0.1) is 6.04 Å². The molecule has 2 amide bonds. The van der Waals surface area contributed by atoms with Gasteiger partial charge in [-0.3, -0.25) is 0 Å². The topological polar surface area (TPSA) is 57.3 Å². The minimum Gasteiger partial charge on any atom is -0.357 e. The second-order valence-electron chi connectivity index (χ2n) is 6.32. The number of hydrogen-bond acceptors (Lipinski definition) is 3. The molecule has 1 saturated heterocycles. The van der Waals surface area contributed by atoms with Crippen molar-refractivity contribution >= 4 is 23.4 Å². The van der Waals surface area contributed by atoms with Crippen LogP contribution in [0.2, 0.25) is 5.02 Å². The standard InChI is InChI=1S/C19H23ClN4O/c1-14(16-5-4-6-17(20)12-16)23-19(25)22-13-15-7-8-21-18(11-15)24-9-2-3-10-24/h4-8,11-12,14H,2-3,9-10,13H2,1H3,(H2,22,23,25). The Morgan fingerprint density at radius 1 is 1.28 bits per heavy atom. The van der Waals surface area contributed by atoms with E-state index < -0.39 is 0 Å². The molecule has 2 heterocycles. The molecule has 0 radical (unpaired) electrons. The van der Waals surface area contributed by atoms with Crippen molar-refractivity contribution in [2.24, 2.45) is 0 Å². The van der Waals surface area contributed by atoms with E-state index in [1.807, 2.05) is 43.3 Å². The van der Waals surface area contributed by atoms with Crippen molar-refractivity contribution in [3.63, 3.8) is 0 Å². The van der Waals surface area contributed by atoms with Crippen molar-refractivity contribution in [1.82, 2.24) is 15.6 Å². The first-order chi connectivity index (χ1) is 12.1. The molecule has 0 aliphatic carbocycles. The van der Waals surface area contributed by atoms with Crippen LogP contribution in [0.1, 0.15) is 36.9 Å². The molecule has 6 heteroatoms. The summed E-state index contributed by atoms with van der Waals surface area (Å²) in [6.07, 6.45) is 4.24. The van der Waals surface area contributed by atoms with Gasteiger partial charge in [0.15, 0.2) is 0 Å². The fourth-order valence-electron chi connectivity index (χ4n) is 2.98. The van der Waals surface area contributed by atoms with Crippen molar-refractivity contribution < 1.29 is 4.79 Å². The largest absolute Gasteiger partial charge is 0.357 e. The summed E-state index contributed by atoms with van der Waals surface area (Å²) in [5.41, 5.74) is 2.02. The van der Waals surface area contributed by atoms with E-state index in [-0.39, 0.29) is 12.1 Å². The summed E-state index contributed by atoms with van der Waals surface area (Å²) in [7, 11) is 0. The third kappa shape index (κ3) is 4.86. The van der Waals surface area contributed by atoms with Crippen LogP contribution in [0.4, 0.5) is 10.6 Å². The normalized spacial score (nSPS) is 15.0. The maximum Gasteiger partial charge on any atom is 0.315 e. The third-order valence-corrected chi connectivity index (χ3v) is 4.62. The first-order valence-corrected chi connectivity index (χ1v) is 8.99. The van der Waals surface area contributed by atoms with Gasteiger partial charge in [0, 0.05) is 30.9 Å². The van der Waals surface area contributed by atoms with E-state index in [1.54, 1.807) is 6.20 Å². The minimum atomic E-state index is -0.202. The average Bonchev–Trinajstić information content (AvgIpc) is 3.15. The summed E-state index contributed by atoms with van der Waals surface area (Å²) in [4.78, 5) is 18.9. The van der Waals surface area contributed by atoms with Gasteiger partial charge in [-0.2, -0.15) is 0 Å². The summed E-state index contributed by atoms with van der Waals surface area (Å²) < 4.78 is 0. The van der Waals surface area contributed by atoms with Crippen LogP contribution in [-0.4, -0.2) is 24.1 Å². The predicted octanol–water partition coefficient (Wildman–Crippen LogP) is 3.90. The molecular weight excluding hydrogens is 336 g/mol. The van der Waals surface area contributed by atoms with Crippen LogP contribution in [-0.2, 0) is 6.54 Å². The molecule has 2 aromatic rings. The van der Waals surface area contributed by atoms with Gasteiger partial charge < -0.3 is 15.5 Å². The molecule has 2 N–H and O–H groups in total. The Hall–Kier alpha value is -2.27. The van der Waals surface area contributed by atoms with Crippen molar-refractivity contribution in [3.8, 4) is 0 Å². The highest BCUT2D eigenvalue weighted by molar-refractivity contribution is 6.30. The maximum atomic E-state index is 12.1. The summed E-state index contributed by atoms with van der Waals surface area (Å²) in [5, 5.41) is 6.50. The van der Waals surface area contributed by atoms with Crippen LogP contribution in [0.3, 0.4) is 0 Å². The Labute approximate surface area is 153 Å². The second-order valence-corrected chi connectivity index (χ2v) is 6.76. The van der Waals surface area contributed by atoms with Crippen LogP contribution in [0.5, 0.6) is 0 Å². The van der Waals surface area contributed by atoms with E-state index in [1.165, 1.54) is 12.8 Å². The molecule has 3 rings (SSSR count). The number of aromatic nitrogens is 1. The number of anilines is 1. The highest BCUT2D eigenvalue weighted by atomic mass is 35.5. The molecule has 1 aromatic carbocycles. The molecule has 1 atom stereocenters. The highest BCUT2D eigenvalue weighted by Gasteiger charge is 2.14. The van der Waals surface area contributed by atoms with Gasteiger partial charge in [-0.1, -0.05) is 23.7 Å². The lowest BCUT2D eigenvalue weighted by molar-refractivity contribution is 0.237. The summed E-state index contributed by atoms with van der Waals surface area (Å²) >= 11 is 6.00. The molecule has 0 spiro atoms. The number of carbonyl (C=O) groups excluding carboxylic acids is 1. The van der Waals surface area contributed by atoms with Crippen LogP contribution >= 0.6 is 11.6 Å². The Morgan fingerprint density at radius 2 is 2.08 bits per heavy atom. The first kappa shape index (κ1) is 17.5. The van der Waals surface area contributed by atoms with Gasteiger partial charge in [0.1, 0.15) is 5.82 Å². The maximum absolute atomic E-state index is 12.1. The number of amides is 2. The van der Waals surface area contributed by atoms with Gasteiger partial charge in [-0.25, -0.2) is 9.78 Å². The van der Waals surface area contributed by atoms with Crippen LogP contribution in [0, 0.1) is 0 Å². The van der Waals surface area contributed by atoms with Crippen LogP contribution < -0.4 is 15.5 Å². The number of nitrogens with zero attached hydrogens (tertiary/aromatic N) is 2. The smallest absolute Gasteiger partial charge is 0.315 e. The lowest BCUT2D eigenvalue weighted by atomic mass is 10.1. The van der Waals surface area contributed by atoms with Gasteiger partial charge in [-0.05, 0) is 55.2 Å². The summed E-state index contributed by atoms with van der Waals surface area (Å²) in [6.45, 7) is 4.52. The number of nitrogens with one attached hydrogen (secondary N) is 2. The van der Waals surface area contributed by atoms with Crippen molar-refractivity contribution in [3.05, 3.63) is 58.7 Å². The average molecular weight is 359 g/mol. The van der Waals surface area contributed by atoms with E-state index in [4.69, 9.17) is 11.6 Å². The zero-order valence-corrected chi connectivity index (χ0v) is 15.1. The number of urea groups is 1. The third-order valence-electron chi connectivity index (χ3n) is 4.39. The fourth-order valence-corrected chi connectivity index (χ4v) is 3.18. The Kier molecular flexibility index (Phi) is 5.76. The summed E-state index contributed by atoms with van der Waals surface area (Å²) in [6, 6.07) is 11.2. The fraction of sp³-hybridized carbons (Fsp3) is 0.368. The van der Waals surface area contributed by atoms with Gasteiger partial charge in [0.2, 0.25) is 0 Å². The molecule has 132 valence electrons. The zero-order valence-electron chi connectivity index (χ0n) is 14.3. The molecule has 0 saturated carbocycles. The molecule has 1 aliphatic rings. The number of carbonyl (C=O) groups is 1. The lowest BCUT2D eigenvalue weighted by Gasteiger charge is -2.18. The Morgan fingerprint density at radius 3 is 2.84 bits per heavy atom. The number of rotatable bonds is 5. The van der Waals surface area contributed by atoms with E-state index in [2.05, 4.69) is 20.5 Å². The quantitative estimate of drug-likeness (QED) is 0.852. The molecule has 1 unspecified atom stereocenters. The molecular formula is C19H23ClN4O. The monoisotopic (exact) mass is 358 g/mol. The van der Waals surface area contributed by atoms with E-state index in [0.29, 0.717) is 11.6 Å². The first-order valence-electron chi connectivity index (χ1n) is 8.61. The van der Waals surface area contributed by atoms with E-state index in [0.717, 1.165) is 30.0 Å². The predicted molar refractivity (Wildman–Crippen MR) is 101 cm³/mol. The molecule has 1 aliphatic heterocycles. The second kappa shape index (κ2) is 8.21. The molecule has 5 nitrogen and oxygen atoms in total. The number of halogens is 1. The Balaban J connectivity index is 1.52. The molecule has 25 heavy (non-hydrogen) atoms. The van der Waals surface area contributed by atoms with Crippen molar-refractivity contribution in [2.75, 3.05) is 18.0 Å². The van der Waals surface area contributed by atoms with Crippen molar-refractivity contribution in [1.29, 1.82) is 0 Å². The number of hydrogen-bond donors (Lipinski definition) is 2. The van der Waals surface area contributed by atoms with Gasteiger partial charge in [-0.15, -0.1) is 0 Å². The number of benzene rings is 1.